The van der Waals surface area contributed by atoms with E-state index in [1.165, 1.54) is 12.1 Å². The van der Waals surface area contributed by atoms with E-state index in [9.17, 15) is 14.0 Å². The van der Waals surface area contributed by atoms with E-state index in [1.807, 2.05) is 7.05 Å². The molecular weight excluding hydrogens is 313 g/mol. The summed E-state index contributed by atoms with van der Waals surface area (Å²) in [5.41, 5.74) is 3.03. The molecule has 1 aromatic heterocycles. The fraction of sp³-hybridized carbons (Fsp3) is 0.412. The molecule has 0 unspecified atom stereocenters. The first-order valence-corrected chi connectivity index (χ1v) is 7.95. The molecule has 128 valence electrons. The van der Waals surface area contributed by atoms with Crippen LogP contribution in [0.1, 0.15) is 18.2 Å². The number of nitrogens with zero attached hydrogens (tertiary/aromatic N) is 2. The Labute approximate surface area is 139 Å². The lowest BCUT2D eigenvalue weighted by Gasteiger charge is -2.28. The Morgan fingerprint density at radius 2 is 2.17 bits per heavy atom. The van der Waals surface area contributed by atoms with Crippen LogP contribution in [0.5, 0.6) is 0 Å². The molecule has 2 aromatic rings. The number of aryl methyl sites for hydroxylation is 1. The van der Waals surface area contributed by atoms with E-state index in [2.05, 4.69) is 9.88 Å². The van der Waals surface area contributed by atoms with Crippen molar-refractivity contribution in [1.82, 2.24) is 14.8 Å². The molecule has 0 atom stereocenters. The van der Waals surface area contributed by atoms with Crippen LogP contribution in [0.15, 0.2) is 18.2 Å². The standard InChI is InChI=1S/C17H20FN3O3/c1-3-24-16(22)9-19-17(23)21-7-6-15-13(10-21)12-8-11(18)4-5-14(12)20(15)2/h4-5,8H,3,6-7,9-10H2,1-2H3,(H,19,23). The van der Waals surface area contributed by atoms with Gasteiger partial charge in [-0.05, 0) is 25.1 Å². The Balaban J connectivity index is 1.77. The molecule has 1 aliphatic heterocycles. The quantitative estimate of drug-likeness (QED) is 0.873. The van der Waals surface area contributed by atoms with E-state index in [0.29, 0.717) is 19.5 Å². The largest absolute Gasteiger partial charge is 0.465 e. The zero-order valence-electron chi connectivity index (χ0n) is 13.8. The highest BCUT2D eigenvalue weighted by Crippen LogP contribution is 2.30. The maximum Gasteiger partial charge on any atom is 0.325 e. The minimum atomic E-state index is -0.462. The molecule has 1 N–H and O–H groups in total. The minimum absolute atomic E-state index is 0.153. The van der Waals surface area contributed by atoms with E-state index in [0.717, 1.165) is 22.2 Å². The first-order chi connectivity index (χ1) is 11.5. The second-order valence-electron chi connectivity index (χ2n) is 5.78. The summed E-state index contributed by atoms with van der Waals surface area (Å²) < 4.78 is 20.4. The summed E-state index contributed by atoms with van der Waals surface area (Å²) in [5.74, 6) is -0.754. The number of hydrogen-bond acceptors (Lipinski definition) is 3. The lowest BCUT2D eigenvalue weighted by atomic mass is 10.0. The molecule has 3 rings (SSSR count). The highest BCUT2D eigenvalue weighted by atomic mass is 19.1. The Morgan fingerprint density at radius 1 is 1.38 bits per heavy atom. The summed E-state index contributed by atoms with van der Waals surface area (Å²) in [6, 6.07) is 4.39. The molecule has 1 aromatic carbocycles. The van der Waals surface area contributed by atoms with Crippen molar-refractivity contribution < 1.29 is 18.7 Å². The van der Waals surface area contributed by atoms with Crippen LogP contribution < -0.4 is 5.32 Å². The Bertz CT molecular complexity index is 800. The van der Waals surface area contributed by atoms with Crippen molar-refractivity contribution in [2.75, 3.05) is 19.7 Å². The molecule has 24 heavy (non-hydrogen) atoms. The predicted octanol–water partition coefficient (Wildman–Crippen LogP) is 1.95. The molecule has 0 aliphatic carbocycles. The lowest BCUT2D eigenvalue weighted by molar-refractivity contribution is -0.141. The third kappa shape index (κ3) is 2.93. The Hall–Kier alpha value is -2.57. The van der Waals surface area contributed by atoms with Crippen LogP contribution >= 0.6 is 0 Å². The summed E-state index contributed by atoms with van der Waals surface area (Å²) in [7, 11) is 1.95. The van der Waals surface area contributed by atoms with Gasteiger partial charge in [0.2, 0.25) is 0 Å². The van der Waals surface area contributed by atoms with Gasteiger partial charge in [-0.3, -0.25) is 4.79 Å². The molecule has 2 amide bonds. The van der Waals surface area contributed by atoms with Crippen LogP contribution in [0.3, 0.4) is 0 Å². The van der Waals surface area contributed by atoms with E-state index >= 15 is 0 Å². The summed E-state index contributed by atoms with van der Waals surface area (Å²) in [4.78, 5) is 25.2. The average molecular weight is 333 g/mol. The van der Waals surface area contributed by atoms with Gasteiger partial charge in [0, 0.05) is 48.7 Å². The van der Waals surface area contributed by atoms with Crippen LogP contribution in [-0.2, 0) is 29.5 Å². The number of carbonyl (C=O) groups is 2. The third-order valence-corrected chi connectivity index (χ3v) is 4.34. The van der Waals surface area contributed by atoms with Crippen molar-refractivity contribution in [3.8, 4) is 0 Å². The van der Waals surface area contributed by atoms with Crippen molar-refractivity contribution in [1.29, 1.82) is 0 Å². The number of esters is 1. The molecule has 0 fully saturated rings. The van der Waals surface area contributed by atoms with Crippen LogP contribution in [0, 0.1) is 5.82 Å². The normalized spacial score (nSPS) is 13.7. The molecular formula is C17H20FN3O3. The van der Waals surface area contributed by atoms with Gasteiger partial charge in [-0.25, -0.2) is 9.18 Å². The van der Waals surface area contributed by atoms with Gasteiger partial charge in [0.05, 0.1) is 6.61 Å². The monoisotopic (exact) mass is 333 g/mol. The van der Waals surface area contributed by atoms with E-state index in [1.54, 1.807) is 17.9 Å². The zero-order chi connectivity index (χ0) is 17.3. The number of benzene rings is 1. The second-order valence-corrected chi connectivity index (χ2v) is 5.78. The van der Waals surface area contributed by atoms with E-state index < -0.39 is 5.97 Å². The number of urea groups is 1. The maximum atomic E-state index is 13.6. The number of ether oxygens (including phenoxy) is 1. The van der Waals surface area contributed by atoms with Gasteiger partial charge in [0.25, 0.3) is 0 Å². The third-order valence-electron chi connectivity index (χ3n) is 4.34. The van der Waals surface area contributed by atoms with Crippen molar-refractivity contribution in [3.05, 3.63) is 35.3 Å². The molecule has 0 saturated heterocycles. The van der Waals surface area contributed by atoms with Crippen LogP contribution in [-0.4, -0.2) is 41.2 Å². The predicted molar refractivity (Wildman–Crippen MR) is 87.0 cm³/mol. The Morgan fingerprint density at radius 3 is 2.92 bits per heavy atom. The van der Waals surface area contributed by atoms with Crippen molar-refractivity contribution >= 4 is 22.9 Å². The zero-order valence-corrected chi connectivity index (χ0v) is 13.8. The van der Waals surface area contributed by atoms with Gasteiger partial charge in [-0.2, -0.15) is 0 Å². The van der Waals surface area contributed by atoms with Crippen molar-refractivity contribution in [2.45, 2.75) is 19.9 Å². The highest BCUT2D eigenvalue weighted by Gasteiger charge is 2.26. The molecule has 0 radical (unpaired) electrons. The smallest absolute Gasteiger partial charge is 0.325 e. The van der Waals surface area contributed by atoms with Crippen molar-refractivity contribution in [3.63, 3.8) is 0 Å². The number of amides is 2. The molecule has 6 nitrogen and oxygen atoms in total. The number of carbonyl (C=O) groups excluding carboxylic acids is 2. The highest BCUT2D eigenvalue weighted by molar-refractivity contribution is 5.87. The summed E-state index contributed by atoms with van der Waals surface area (Å²) in [5, 5.41) is 3.39. The first-order valence-electron chi connectivity index (χ1n) is 7.95. The second kappa shape index (κ2) is 6.51. The topological polar surface area (TPSA) is 63.6 Å². The average Bonchev–Trinajstić information content (AvgIpc) is 2.85. The van der Waals surface area contributed by atoms with E-state index in [4.69, 9.17) is 4.74 Å². The molecule has 0 saturated carbocycles. The van der Waals surface area contributed by atoms with Gasteiger partial charge in [-0.1, -0.05) is 0 Å². The summed E-state index contributed by atoms with van der Waals surface area (Å²) in [6.45, 7) is 2.79. The van der Waals surface area contributed by atoms with Crippen molar-refractivity contribution in [2.24, 2.45) is 7.05 Å². The number of fused-ring (bicyclic) bond motifs is 3. The maximum absolute atomic E-state index is 13.6. The minimum Gasteiger partial charge on any atom is -0.465 e. The molecule has 0 spiro atoms. The molecule has 1 aliphatic rings. The fourth-order valence-electron chi connectivity index (χ4n) is 3.20. The van der Waals surface area contributed by atoms with Gasteiger partial charge in [0.1, 0.15) is 12.4 Å². The van der Waals surface area contributed by atoms with Crippen LogP contribution in [0.25, 0.3) is 10.9 Å². The summed E-state index contributed by atoms with van der Waals surface area (Å²) >= 11 is 0. The van der Waals surface area contributed by atoms with E-state index in [-0.39, 0.29) is 25.0 Å². The Kier molecular flexibility index (Phi) is 4.42. The SMILES string of the molecule is CCOC(=O)CNC(=O)N1CCc2c(c3cc(F)ccc3n2C)C1. The number of aromatic nitrogens is 1. The number of rotatable bonds is 3. The van der Waals surface area contributed by atoms with Gasteiger partial charge >= 0.3 is 12.0 Å². The van der Waals surface area contributed by atoms with Gasteiger partial charge in [-0.15, -0.1) is 0 Å². The summed E-state index contributed by atoms with van der Waals surface area (Å²) in [6.07, 6.45) is 0.689. The van der Waals surface area contributed by atoms with Gasteiger partial charge < -0.3 is 19.5 Å². The molecule has 0 bridgehead atoms. The lowest BCUT2D eigenvalue weighted by Crippen LogP contribution is -2.44. The van der Waals surface area contributed by atoms with Crippen LogP contribution in [0.4, 0.5) is 9.18 Å². The molecule has 7 heteroatoms. The van der Waals surface area contributed by atoms with Gasteiger partial charge in [0.15, 0.2) is 0 Å². The number of nitrogens with one attached hydrogen (secondary N) is 1. The number of hydrogen-bond donors (Lipinski definition) is 1. The molecule has 2 heterocycles. The first kappa shape index (κ1) is 16.3. The fourth-order valence-corrected chi connectivity index (χ4v) is 3.20. The van der Waals surface area contributed by atoms with Crippen LogP contribution in [0.2, 0.25) is 0 Å². The number of halogens is 1.